The maximum atomic E-state index is 5.01. The molecule has 2 rings (SSSR count). The molecule has 1 aliphatic heterocycles. The first-order valence-electron chi connectivity index (χ1n) is 10.8. The van der Waals surface area contributed by atoms with Crippen molar-refractivity contribution in [3.63, 3.8) is 0 Å². The van der Waals surface area contributed by atoms with E-state index in [1.54, 1.807) is 0 Å². The van der Waals surface area contributed by atoms with Crippen molar-refractivity contribution >= 4 is 27.8 Å². The molecule has 1 atom stereocenters. The van der Waals surface area contributed by atoms with E-state index in [0.29, 0.717) is 10.3 Å². The van der Waals surface area contributed by atoms with E-state index in [9.17, 15) is 0 Å². The minimum absolute atomic E-state index is 0.220. The summed E-state index contributed by atoms with van der Waals surface area (Å²) in [6, 6.07) is 6.41. The summed E-state index contributed by atoms with van der Waals surface area (Å²) in [5, 5.41) is 8.89. The van der Waals surface area contributed by atoms with Gasteiger partial charge in [-0.15, -0.1) is 0 Å². The van der Waals surface area contributed by atoms with Gasteiger partial charge in [-0.25, -0.2) is 4.98 Å². The van der Waals surface area contributed by atoms with Gasteiger partial charge in [-0.2, -0.15) is 0 Å². The number of anilines is 2. The molecule has 0 aromatic carbocycles. The molecule has 0 amide bonds. The number of pyridine rings is 1. The van der Waals surface area contributed by atoms with Crippen LogP contribution in [0.4, 0.5) is 11.6 Å². The third-order valence-electron chi connectivity index (χ3n) is 6.13. The van der Waals surface area contributed by atoms with E-state index in [0.717, 1.165) is 18.1 Å². The lowest BCUT2D eigenvalue weighted by Crippen LogP contribution is -2.37. The van der Waals surface area contributed by atoms with E-state index in [2.05, 4.69) is 97.6 Å². The minimum atomic E-state index is -0.426. The average Bonchev–Trinajstić information content (AvgIpc) is 2.55. The molecule has 0 bridgehead atoms. The third kappa shape index (κ3) is 5.60. The predicted octanol–water partition coefficient (Wildman–Crippen LogP) is 8.43. The SMILES string of the molecule is CCC(C)(C)P(Nc1cccc(NP2C(C)(C)CCCC2(C)C)n1)C(C)(C)C. The molecule has 1 fully saturated rings. The molecule has 1 unspecified atom stereocenters. The van der Waals surface area contributed by atoms with E-state index in [4.69, 9.17) is 4.98 Å². The standard InChI is InChI=1S/C23H43N3P2/c1-11-21(5,6)27(20(2,3)4)25-18-14-12-15-19(24-18)26-28-22(7,8)16-13-17-23(28,9)10/h12,14-15H,11,13,16-17H2,1-10H3,(H2,24,25,26). The Hall–Kier alpha value is -0.390. The van der Waals surface area contributed by atoms with Crippen LogP contribution < -0.4 is 10.2 Å². The van der Waals surface area contributed by atoms with Crippen LogP contribution in [0.2, 0.25) is 0 Å². The van der Waals surface area contributed by atoms with Crippen molar-refractivity contribution in [2.75, 3.05) is 10.2 Å². The van der Waals surface area contributed by atoms with Gasteiger partial charge in [-0.05, 0) is 31.4 Å². The summed E-state index contributed by atoms with van der Waals surface area (Å²) in [6.07, 6.45) is 5.09. The summed E-state index contributed by atoms with van der Waals surface area (Å²) < 4.78 is 0. The molecule has 1 saturated heterocycles. The van der Waals surface area contributed by atoms with Crippen molar-refractivity contribution in [1.29, 1.82) is 0 Å². The molecule has 3 nitrogen and oxygen atoms in total. The van der Waals surface area contributed by atoms with Gasteiger partial charge in [0, 0.05) is 36.8 Å². The van der Waals surface area contributed by atoms with Crippen LogP contribution in [0.1, 0.15) is 94.9 Å². The highest BCUT2D eigenvalue weighted by molar-refractivity contribution is 7.62. The number of rotatable bonds is 6. The van der Waals surface area contributed by atoms with Gasteiger partial charge in [-0.3, -0.25) is 0 Å². The van der Waals surface area contributed by atoms with Crippen molar-refractivity contribution in [1.82, 2.24) is 4.98 Å². The fraction of sp³-hybridized carbons (Fsp3) is 0.783. The van der Waals surface area contributed by atoms with Crippen molar-refractivity contribution in [2.45, 2.75) is 116 Å². The van der Waals surface area contributed by atoms with Crippen LogP contribution in [0, 0.1) is 0 Å². The Morgan fingerprint density at radius 2 is 1.54 bits per heavy atom. The summed E-state index contributed by atoms with van der Waals surface area (Å²) in [6.45, 7) is 23.8. The van der Waals surface area contributed by atoms with Gasteiger partial charge in [-0.1, -0.05) is 81.7 Å². The highest BCUT2D eigenvalue weighted by atomic mass is 31.1. The Labute approximate surface area is 176 Å². The van der Waals surface area contributed by atoms with E-state index < -0.39 is 8.07 Å². The number of aromatic nitrogens is 1. The first-order chi connectivity index (χ1) is 12.7. The Balaban J connectivity index is 2.26. The van der Waals surface area contributed by atoms with Gasteiger partial charge < -0.3 is 10.2 Å². The smallest absolute Gasteiger partial charge is 0.131 e. The minimum Gasteiger partial charge on any atom is -0.348 e. The monoisotopic (exact) mass is 423 g/mol. The zero-order chi connectivity index (χ0) is 21.4. The second kappa shape index (κ2) is 8.39. The molecule has 1 aliphatic rings. The normalized spacial score (nSPS) is 21.2. The fourth-order valence-corrected chi connectivity index (χ4v) is 11.0. The van der Waals surface area contributed by atoms with Crippen molar-refractivity contribution in [3.05, 3.63) is 18.2 Å². The van der Waals surface area contributed by atoms with Crippen LogP contribution in [-0.2, 0) is 0 Å². The summed E-state index contributed by atoms with van der Waals surface area (Å²) in [7, 11) is -0.777. The molecule has 2 heterocycles. The van der Waals surface area contributed by atoms with Crippen LogP contribution >= 0.6 is 16.1 Å². The van der Waals surface area contributed by atoms with E-state index >= 15 is 0 Å². The molecular weight excluding hydrogens is 380 g/mol. The predicted molar refractivity (Wildman–Crippen MR) is 131 cm³/mol. The van der Waals surface area contributed by atoms with Gasteiger partial charge in [0.25, 0.3) is 0 Å². The molecule has 160 valence electrons. The first-order valence-corrected chi connectivity index (χ1v) is 13.5. The lowest BCUT2D eigenvalue weighted by atomic mass is 9.98. The number of hydrogen-bond acceptors (Lipinski definition) is 3. The average molecular weight is 424 g/mol. The molecule has 0 saturated carbocycles. The third-order valence-corrected chi connectivity index (χ3v) is 12.8. The largest absolute Gasteiger partial charge is 0.348 e. The summed E-state index contributed by atoms with van der Waals surface area (Å²) in [5.74, 6) is 2.03. The zero-order valence-corrected chi connectivity index (χ0v) is 21.7. The Bertz CT molecular complexity index is 616. The van der Waals surface area contributed by atoms with Crippen LogP contribution in [-0.4, -0.2) is 25.6 Å². The van der Waals surface area contributed by atoms with Crippen molar-refractivity contribution < 1.29 is 0 Å². The Kier molecular flexibility index (Phi) is 7.16. The van der Waals surface area contributed by atoms with Crippen LogP contribution in [0.3, 0.4) is 0 Å². The van der Waals surface area contributed by atoms with Crippen LogP contribution in [0.25, 0.3) is 0 Å². The van der Waals surface area contributed by atoms with Gasteiger partial charge in [0.05, 0.1) is 0 Å². The molecular formula is C23H43N3P2. The van der Waals surface area contributed by atoms with E-state index in [1.807, 2.05) is 0 Å². The number of nitrogens with one attached hydrogen (secondary N) is 2. The Morgan fingerprint density at radius 1 is 1.00 bits per heavy atom. The molecule has 0 spiro atoms. The lowest BCUT2D eigenvalue weighted by Gasteiger charge is -2.49. The summed E-state index contributed by atoms with van der Waals surface area (Å²) in [5.41, 5.74) is 0. The molecule has 0 radical (unpaired) electrons. The molecule has 1 aromatic rings. The zero-order valence-electron chi connectivity index (χ0n) is 19.9. The van der Waals surface area contributed by atoms with Crippen LogP contribution in [0.15, 0.2) is 18.2 Å². The first kappa shape index (κ1) is 23.9. The quantitative estimate of drug-likeness (QED) is 0.451. The highest BCUT2D eigenvalue weighted by Gasteiger charge is 2.44. The second-order valence-corrected chi connectivity index (χ2v) is 17.9. The summed E-state index contributed by atoms with van der Waals surface area (Å²) in [4.78, 5) is 5.01. The van der Waals surface area contributed by atoms with E-state index in [1.165, 1.54) is 19.3 Å². The van der Waals surface area contributed by atoms with Gasteiger partial charge in [0.15, 0.2) is 0 Å². The highest BCUT2D eigenvalue weighted by Crippen LogP contribution is 2.65. The topological polar surface area (TPSA) is 37.0 Å². The number of hydrogen-bond donors (Lipinski definition) is 2. The molecule has 5 heteroatoms. The molecule has 28 heavy (non-hydrogen) atoms. The number of nitrogens with zero attached hydrogens (tertiary/aromatic N) is 1. The Morgan fingerprint density at radius 3 is 2.04 bits per heavy atom. The molecule has 0 aliphatic carbocycles. The van der Waals surface area contributed by atoms with Crippen molar-refractivity contribution in [2.24, 2.45) is 0 Å². The maximum absolute atomic E-state index is 5.01. The van der Waals surface area contributed by atoms with Gasteiger partial charge >= 0.3 is 0 Å². The maximum Gasteiger partial charge on any atom is 0.131 e. The van der Waals surface area contributed by atoms with Crippen LogP contribution in [0.5, 0.6) is 0 Å². The van der Waals surface area contributed by atoms with Gasteiger partial charge in [0.2, 0.25) is 0 Å². The fourth-order valence-electron chi connectivity index (χ4n) is 4.47. The van der Waals surface area contributed by atoms with Crippen molar-refractivity contribution in [3.8, 4) is 0 Å². The molecule has 1 aromatic heterocycles. The lowest BCUT2D eigenvalue weighted by molar-refractivity contribution is 0.468. The second-order valence-electron chi connectivity index (χ2n) is 11.1. The van der Waals surface area contributed by atoms with Gasteiger partial charge in [0.1, 0.15) is 11.6 Å². The molecule has 2 N–H and O–H groups in total. The summed E-state index contributed by atoms with van der Waals surface area (Å²) >= 11 is 0. The van der Waals surface area contributed by atoms with E-state index in [-0.39, 0.29) is 18.4 Å².